The van der Waals surface area contributed by atoms with Gasteiger partial charge >= 0.3 is 0 Å². The van der Waals surface area contributed by atoms with E-state index in [4.69, 9.17) is 19.4 Å². The summed E-state index contributed by atoms with van der Waals surface area (Å²) in [5.41, 5.74) is 18.5. The second-order valence-corrected chi connectivity index (χ2v) is 16.2. The SMILES string of the molecule is c1ccc(-c2nc(-c3ccccc3-c3ccc4c(c3)oc3ccccc34)nc(-c3ccccc3-c3cccc4c3C3(c5ccccc5-c5ccccc53)c3ccccc3-4)n2)cc1. The van der Waals surface area contributed by atoms with Gasteiger partial charge in [0.2, 0.25) is 0 Å². The number of benzene rings is 9. The third kappa shape index (κ3) is 4.92. The molecule has 0 N–H and O–H groups in total. The molecule has 0 radical (unpaired) electrons. The van der Waals surface area contributed by atoms with Crippen molar-refractivity contribution in [3.05, 3.63) is 235 Å². The molecule has 0 amide bonds. The second kappa shape index (κ2) is 13.4. The predicted molar refractivity (Wildman–Crippen MR) is 251 cm³/mol. The van der Waals surface area contributed by atoms with Crippen molar-refractivity contribution in [1.29, 1.82) is 0 Å². The maximum atomic E-state index is 6.35. The lowest BCUT2D eigenvalue weighted by Gasteiger charge is -2.32. The Labute approximate surface area is 358 Å². The first kappa shape index (κ1) is 34.6. The molecule has 0 saturated heterocycles. The van der Waals surface area contributed by atoms with Crippen LogP contribution >= 0.6 is 0 Å². The molecule has 2 aliphatic carbocycles. The van der Waals surface area contributed by atoms with Crippen molar-refractivity contribution in [2.24, 2.45) is 0 Å². The Balaban J connectivity index is 1.04. The summed E-state index contributed by atoms with van der Waals surface area (Å²) in [4.78, 5) is 16.0. The van der Waals surface area contributed by atoms with Crippen LogP contribution in [0.25, 0.3) is 101 Å². The molecule has 0 bridgehead atoms. The average Bonchev–Trinajstić information content (AvgIpc) is 3.98. The molecule has 62 heavy (non-hydrogen) atoms. The van der Waals surface area contributed by atoms with E-state index in [0.717, 1.165) is 60.9 Å². The van der Waals surface area contributed by atoms with E-state index < -0.39 is 5.41 Å². The number of fused-ring (bicyclic) bond motifs is 13. The van der Waals surface area contributed by atoms with Crippen LogP contribution in [0.1, 0.15) is 22.3 Å². The Bertz CT molecular complexity index is 3540. The van der Waals surface area contributed by atoms with Crippen molar-refractivity contribution < 1.29 is 4.42 Å². The highest BCUT2D eigenvalue weighted by Gasteiger charge is 2.52. The highest BCUT2D eigenvalue weighted by molar-refractivity contribution is 6.06. The van der Waals surface area contributed by atoms with Gasteiger partial charge in [-0.2, -0.15) is 0 Å². The number of hydrogen-bond donors (Lipinski definition) is 0. The fraction of sp³-hybridized carbons (Fsp3) is 0.0172. The minimum absolute atomic E-state index is 0.512. The van der Waals surface area contributed by atoms with Gasteiger partial charge in [-0.3, -0.25) is 0 Å². The number of hydrogen-bond acceptors (Lipinski definition) is 4. The molecule has 0 saturated carbocycles. The molecular formula is C58H35N3O. The number of furan rings is 1. The predicted octanol–water partition coefficient (Wildman–Crippen LogP) is 14.4. The molecule has 2 heterocycles. The quantitative estimate of drug-likeness (QED) is 0.174. The van der Waals surface area contributed by atoms with Crippen molar-refractivity contribution in [2.45, 2.75) is 5.41 Å². The van der Waals surface area contributed by atoms with Crippen LogP contribution in [0.5, 0.6) is 0 Å². The highest BCUT2D eigenvalue weighted by atomic mass is 16.3. The van der Waals surface area contributed by atoms with E-state index in [2.05, 4.69) is 182 Å². The molecule has 9 aromatic carbocycles. The van der Waals surface area contributed by atoms with Crippen LogP contribution in [0.15, 0.2) is 217 Å². The van der Waals surface area contributed by atoms with Crippen LogP contribution in [0.3, 0.4) is 0 Å². The summed E-state index contributed by atoms with van der Waals surface area (Å²) in [6.07, 6.45) is 0. The molecule has 2 aromatic heterocycles. The fourth-order valence-corrected chi connectivity index (χ4v) is 10.4. The molecule has 288 valence electrons. The first-order valence-corrected chi connectivity index (χ1v) is 21.1. The standard InChI is InChI=1S/C58H35N3O/c1-2-17-36(18-3-1)55-59-56(47-25-6-4-19-38(47)37-33-34-44-43-24-11-15-32-52(43)62-53(44)35-37)61-57(60-55)48-26-7-5-20-39(48)45-27-16-28-46-42-23-10-14-31-51(42)58(54(45)46)49-29-12-8-21-40(49)41-22-9-13-30-50(41)58/h1-35H. The lowest BCUT2D eigenvalue weighted by Crippen LogP contribution is -2.26. The van der Waals surface area contributed by atoms with Crippen LogP contribution < -0.4 is 0 Å². The number of nitrogens with zero attached hydrogens (tertiary/aromatic N) is 3. The van der Waals surface area contributed by atoms with Gasteiger partial charge in [0, 0.05) is 27.5 Å². The van der Waals surface area contributed by atoms with Gasteiger partial charge in [-0.15, -0.1) is 0 Å². The van der Waals surface area contributed by atoms with Gasteiger partial charge in [-0.25, -0.2) is 15.0 Å². The molecule has 0 fully saturated rings. The van der Waals surface area contributed by atoms with Crippen LogP contribution in [0.2, 0.25) is 0 Å². The molecule has 2 aliphatic rings. The molecular weight excluding hydrogens is 755 g/mol. The summed E-state index contributed by atoms with van der Waals surface area (Å²) in [5, 5.41) is 2.20. The number of rotatable bonds is 5. The molecule has 0 aliphatic heterocycles. The maximum absolute atomic E-state index is 6.35. The summed E-state index contributed by atoms with van der Waals surface area (Å²) < 4.78 is 6.35. The van der Waals surface area contributed by atoms with Crippen molar-refractivity contribution in [3.63, 3.8) is 0 Å². The molecule has 4 heteroatoms. The Morgan fingerprint density at radius 2 is 0.742 bits per heavy atom. The fourth-order valence-electron chi connectivity index (χ4n) is 10.4. The first-order chi connectivity index (χ1) is 30.8. The summed E-state index contributed by atoms with van der Waals surface area (Å²) in [5.74, 6) is 1.83. The number of para-hydroxylation sites is 1. The Kier molecular flexibility index (Phi) is 7.49. The normalized spacial score (nSPS) is 13.0. The minimum atomic E-state index is -0.512. The van der Waals surface area contributed by atoms with E-state index in [1.165, 1.54) is 44.5 Å². The number of aromatic nitrogens is 3. The van der Waals surface area contributed by atoms with Crippen molar-refractivity contribution in [2.75, 3.05) is 0 Å². The van der Waals surface area contributed by atoms with E-state index in [1.54, 1.807) is 0 Å². The zero-order valence-corrected chi connectivity index (χ0v) is 33.5. The Morgan fingerprint density at radius 1 is 0.290 bits per heavy atom. The summed E-state index contributed by atoms with van der Waals surface area (Å²) in [6, 6.07) is 75.6. The molecule has 13 rings (SSSR count). The molecule has 0 atom stereocenters. The van der Waals surface area contributed by atoms with Gasteiger partial charge in [0.05, 0.1) is 5.41 Å². The van der Waals surface area contributed by atoms with E-state index in [0.29, 0.717) is 17.5 Å². The topological polar surface area (TPSA) is 51.8 Å². The van der Waals surface area contributed by atoms with Gasteiger partial charge in [0.15, 0.2) is 17.5 Å². The third-order valence-electron chi connectivity index (χ3n) is 13.0. The second-order valence-electron chi connectivity index (χ2n) is 16.2. The average molecular weight is 790 g/mol. The van der Waals surface area contributed by atoms with Crippen LogP contribution in [-0.4, -0.2) is 15.0 Å². The van der Waals surface area contributed by atoms with Crippen molar-refractivity contribution >= 4 is 21.9 Å². The first-order valence-electron chi connectivity index (χ1n) is 21.1. The van der Waals surface area contributed by atoms with Gasteiger partial charge in [-0.1, -0.05) is 194 Å². The smallest absolute Gasteiger partial charge is 0.164 e. The van der Waals surface area contributed by atoms with Gasteiger partial charge in [0.1, 0.15) is 11.2 Å². The van der Waals surface area contributed by atoms with Crippen LogP contribution in [0, 0.1) is 0 Å². The monoisotopic (exact) mass is 789 g/mol. The zero-order valence-electron chi connectivity index (χ0n) is 33.5. The van der Waals surface area contributed by atoms with E-state index >= 15 is 0 Å². The summed E-state index contributed by atoms with van der Waals surface area (Å²) in [7, 11) is 0. The molecule has 1 spiro atoms. The van der Waals surface area contributed by atoms with Crippen LogP contribution in [0.4, 0.5) is 0 Å². The molecule has 11 aromatic rings. The highest BCUT2D eigenvalue weighted by Crippen LogP contribution is 2.64. The third-order valence-corrected chi connectivity index (χ3v) is 13.0. The lowest BCUT2D eigenvalue weighted by atomic mass is 9.68. The van der Waals surface area contributed by atoms with Gasteiger partial charge < -0.3 is 4.42 Å². The Morgan fingerprint density at radius 3 is 1.40 bits per heavy atom. The minimum Gasteiger partial charge on any atom is -0.456 e. The van der Waals surface area contributed by atoms with E-state index in [-0.39, 0.29) is 0 Å². The summed E-state index contributed by atoms with van der Waals surface area (Å²) >= 11 is 0. The largest absolute Gasteiger partial charge is 0.456 e. The van der Waals surface area contributed by atoms with Gasteiger partial charge in [0.25, 0.3) is 0 Å². The summed E-state index contributed by atoms with van der Waals surface area (Å²) in [6.45, 7) is 0. The van der Waals surface area contributed by atoms with Gasteiger partial charge in [-0.05, 0) is 85.0 Å². The molecule has 0 unspecified atom stereocenters. The lowest BCUT2D eigenvalue weighted by molar-refractivity contribution is 0.669. The zero-order chi connectivity index (χ0) is 40.8. The van der Waals surface area contributed by atoms with Crippen LogP contribution in [-0.2, 0) is 5.41 Å². The molecule has 4 nitrogen and oxygen atoms in total. The van der Waals surface area contributed by atoms with Crippen molar-refractivity contribution in [3.8, 4) is 78.7 Å². The van der Waals surface area contributed by atoms with E-state index in [9.17, 15) is 0 Å². The Hall–Kier alpha value is -8.21. The van der Waals surface area contributed by atoms with Crippen molar-refractivity contribution in [1.82, 2.24) is 15.0 Å². The maximum Gasteiger partial charge on any atom is 0.164 e. The van der Waals surface area contributed by atoms with E-state index in [1.807, 2.05) is 30.3 Å².